The van der Waals surface area contributed by atoms with Crippen LogP contribution in [0.4, 0.5) is 5.69 Å². The number of furan rings is 1. The first-order valence-corrected chi connectivity index (χ1v) is 11.9. The predicted molar refractivity (Wildman–Crippen MR) is 134 cm³/mol. The van der Waals surface area contributed by atoms with Crippen molar-refractivity contribution in [3.63, 3.8) is 0 Å². The first kappa shape index (κ1) is 21.7. The van der Waals surface area contributed by atoms with E-state index in [0.29, 0.717) is 22.2 Å². The summed E-state index contributed by atoms with van der Waals surface area (Å²) in [6, 6.07) is 24.8. The van der Waals surface area contributed by atoms with E-state index >= 15 is 0 Å². The smallest absolute Gasteiger partial charge is 0.255 e. The van der Waals surface area contributed by atoms with Gasteiger partial charge in [-0.2, -0.15) is 0 Å². The molecule has 0 aliphatic carbocycles. The number of rotatable bonds is 5. The van der Waals surface area contributed by atoms with Gasteiger partial charge in [0.15, 0.2) is 5.76 Å². The zero-order valence-corrected chi connectivity index (χ0v) is 19.4. The van der Waals surface area contributed by atoms with Crippen molar-refractivity contribution in [2.45, 2.75) is 25.8 Å². The third-order valence-electron chi connectivity index (χ3n) is 6.53. The van der Waals surface area contributed by atoms with Gasteiger partial charge in [0.2, 0.25) is 0 Å². The lowest BCUT2D eigenvalue weighted by molar-refractivity contribution is 0.102. The SMILES string of the molecule is CC1CCN([C@H](c2ccccc2Cl)c2oc3ccccc3c2NC(=O)c2ccccc2)CC1. The minimum atomic E-state index is -0.190. The largest absolute Gasteiger partial charge is 0.457 e. The molecule has 0 bridgehead atoms. The number of para-hydroxylation sites is 1. The monoisotopic (exact) mass is 458 g/mol. The second-order valence-electron chi connectivity index (χ2n) is 8.80. The Bertz CT molecular complexity index is 1260. The van der Waals surface area contributed by atoms with Crippen LogP contribution in [-0.2, 0) is 0 Å². The van der Waals surface area contributed by atoms with Crippen molar-refractivity contribution in [1.82, 2.24) is 4.90 Å². The number of likely N-dealkylation sites (tertiary alicyclic amines) is 1. The quantitative estimate of drug-likeness (QED) is 0.345. The van der Waals surface area contributed by atoms with Crippen molar-refractivity contribution in [2.75, 3.05) is 18.4 Å². The Morgan fingerprint density at radius 3 is 2.39 bits per heavy atom. The molecule has 3 aromatic carbocycles. The highest BCUT2D eigenvalue weighted by atomic mass is 35.5. The molecule has 1 aromatic heterocycles. The Morgan fingerprint density at radius 1 is 0.970 bits per heavy atom. The summed E-state index contributed by atoms with van der Waals surface area (Å²) >= 11 is 6.71. The summed E-state index contributed by atoms with van der Waals surface area (Å²) in [6.07, 6.45) is 2.24. The molecule has 2 heterocycles. The number of halogens is 1. The number of carbonyl (C=O) groups excluding carboxylic acids is 1. The lowest BCUT2D eigenvalue weighted by Gasteiger charge is -2.36. The summed E-state index contributed by atoms with van der Waals surface area (Å²) in [7, 11) is 0. The van der Waals surface area contributed by atoms with Gasteiger partial charge in [-0.1, -0.05) is 67.1 Å². The van der Waals surface area contributed by atoms with Gasteiger partial charge >= 0.3 is 0 Å². The fourth-order valence-corrected chi connectivity index (χ4v) is 4.89. The van der Waals surface area contributed by atoms with Gasteiger partial charge in [-0.3, -0.25) is 9.69 Å². The molecule has 1 aliphatic heterocycles. The summed E-state index contributed by atoms with van der Waals surface area (Å²) < 4.78 is 6.47. The number of carbonyl (C=O) groups is 1. The average Bonchev–Trinajstić information content (AvgIpc) is 3.20. The molecule has 5 rings (SSSR count). The van der Waals surface area contributed by atoms with Gasteiger partial charge in [-0.05, 0) is 67.7 Å². The summed E-state index contributed by atoms with van der Waals surface area (Å²) in [5.74, 6) is 1.26. The molecule has 1 fully saturated rings. The van der Waals surface area contributed by atoms with E-state index in [1.165, 1.54) is 0 Å². The van der Waals surface area contributed by atoms with Crippen molar-refractivity contribution >= 4 is 34.2 Å². The Labute approximate surface area is 199 Å². The standard InChI is InChI=1S/C28H27ClN2O2/c1-19-15-17-31(18-16-19)26(21-11-5-7-13-23(21)29)27-25(22-12-6-8-14-24(22)33-27)30-28(32)20-9-3-2-4-10-20/h2-14,19,26H,15-18H2,1H3,(H,30,32)/t26-/m1/s1. The van der Waals surface area contributed by atoms with Gasteiger partial charge < -0.3 is 9.73 Å². The molecular weight excluding hydrogens is 432 g/mol. The number of anilines is 1. The van der Waals surface area contributed by atoms with Crippen LogP contribution in [0.3, 0.4) is 0 Å². The molecule has 1 saturated heterocycles. The second kappa shape index (κ2) is 9.42. The highest BCUT2D eigenvalue weighted by Gasteiger charge is 2.33. The fraction of sp³-hybridized carbons (Fsp3) is 0.250. The Kier molecular flexibility index (Phi) is 6.21. The number of hydrogen-bond donors (Lipinski definition) is 1. The molecule has 33 heavy (non-hydrogen) atoms. The van der Waals surface area contributed by atoms with Crippen LogP contribution in [-0.4, -0.2) is 23.9 Å². The number of fused-ring (bicyclic) bond motifs is 1. The number of amides is 1. The molecule has 0 saturated carbocycles. The van der Waals surface area contributed by atoms with Crippen LogP contribution in [0.15, 0.2) is 83.3 Å². The zero-order valence-electron chi connectivity index (χ0n) is 18.6. The second-order valence-corrected chi connectivity index (χ2v) is 9.21. The number of nitrogens with zero attached hydrogens (tertiary/aromatic N) is 1. The highest BCUT2D eigenvalue weighted by molar-refractivity contribution is 6.31. The van der Waals surface area contributed by atoms with E-state index in [4.69, 9.17) is 16.0 Å². The van der Waals surface area contributed by atoms with Crippen LogP contribution >= 0.6 is 11.6 Å². The first-order chi connectivity index (χ1) is 16.1. The van der Waals surface area contributed by atoms with E-state index in [-0.39, 0.29) is 11.9 Å². The van der Waals surface area contributed by atoms with Crippen LogP contribution in [0.25, 0.3) is 11.0 Å². The van der Waals surface area contributed by atoms with Crippen molar-refractivity contribution in [1.29, 1.82) is 0 Å². The molecular formula is C28H27ClN2O2. The Morgan fingerprint density at radius 2 is 1.64 bits per heavy atom. The molecule has 4 aromatic rings. The normalized spacial score (nSPS) is 16.1. The Balaban J connectivity index is 1.64. The maximum absolute atomic E-state index is 13.2. The molecule has 1 N–H and O–H groups in total. The van der Waals surface area contributed by atoms with Gasteiger partial charge in [-0.25, -0.2) is 0 Å². The molecule has 1 aliphatic rings. The summed E-state index contributed by atoms with van der Waals surface area (Å²) in [5.41, 5.74) is 3.05. The summed E-state index contributed by atoms with van der Waals surface area (Å²) in [4.78, 5) is 15.6. The van der Waals surface area contributed by atoms with Gasteiger partial charge in [0.1, 0.15) is 5.58 Å². The minimum absolute atomic E-state index is 0.159. The van der Waals surface area contributed by atoms with Crippen molar-refractivity contribution in [3.05, 3.63) is 101 Å². The van der Waals surface area contributed by atoms with Crippen LogP contribution < -0.4 is 5.32 Å². The molecule has 0 unspecified atom stereocenters. The summed E-state index contributed by atoms with van der Waals surface area (Å²) in [6.45, 7) is 4.19. The molecule has 168 valence electrons. The lowest BCUT2D eigenvalue weighted by Crippen LogP contribution is -2.37. The van der Waals surface area contributed by atoms with Crippen LogP contribution in [0.5, 0.6) is 0 Å². The van der Waals surface area contributed by atoms with E-state index in [2.05, 4.69) is 23.2 Å². The number of benzene rings is 3. The molecule has 0 radical (unpaired) electrons. The number of piperidine rings is 1. The van der Waals surface area contributed by atoms with E-state index < -0.39 is 0 Å². The van der Waals surface area contributed by atoms with Crippen LogP contribution in [0, 0.1) is 5.92 Å². The number of nitrogens with one attached hydrogen (secondary N) is 1. The van der Waals surface area contributed by atoms with Gasteiger partial charge in [0.25, 0.3) is 5.91 Å². The van der Waals surface area contributed by atoms with Gasteiger partial charge in [-0.15, -0.1) is 0 Å². The summed E-state index contributed by atoms with van der Waals surface area (Å²) in [5, 5.41) is 4.75. The molecule has 5 heteroatoms. The van der Waals surface area contributed by atoms with Crippen molar-refractivity contribution < 1.29 is 9.21 Å². The van der Waals surface area contributed by atoms with Crippen LogP contribution in [0.2, 0.25) is 5.02 Å². The van der Waals surface area contributed by atoms with E-state index in [1.807, 2.05) is 72.8 Å². The Hall–Kier alpha value is -3.08. The van der Waals surface area contributed by atoms with Crippen molar-refractivity contribution in [2.24, 2.45) is 5.92 Å². The molecule has 1 amide bonds. The molecule has 4 nitrogen and oxygen atoms in total. The van der Waals surface area contributed by atoms with Crippen molar-refractivity contribution in [3.8, 4) is 0 Å². The molecule has 1 atom stereocenters. The minimum Gasteiger partial charge on any atom is -0.457 e. The third kappa shape index (κ3) is 4.41. The molecule has 0 spiro atoms. The lowest BCUT2D eigenvalue weighted by atomic mass is 9.94. The zero-order chi connectivity index (χ0) is 22.8. The van der Waals surface area contributed by atoms with E-state index in [1.54, 1.807) is 0 Å². The first-order valence-electron chi connectivity index (χ1n) is 11.5. The van der Waals surface area contributed by atoms with Crippen LogP contribution in [0.1, 0.15) is 47.5 Å². The average molecular weight is 459 g/mol. The maximum Gasteiger partial charge on any atom is 0.255 e. The van der Waals surface area contributed by atoms with E-state index in [0.717, 1.165) is 48.2 Å². The number of hydrogen-bond acceptors (Lipinski definition) is 3. The fourth-order valence-electron chi connectivity index (χ4n) is 4.65. The van der Waals surface area contributed by atoms with Gasteiger partial charge in [0.05, 0.1) is 11.7 Å². The third-order valence-corrected chi connectivity index (χ3v) is 6.87. The topological polar surface area (TPSA) is 45.5 Å². The maximum atomic E-state index is 13.2. The van der Waals surface area contributed by atoms with E-state index in [9.17, 15) is 4.79 Å². The predicted octanol–water partition coefficient (Wildman–Crippen LogP) is 7.16. The van der Waals surface area contributed by atoms with Gasteiger partial charge in [0, 0.05) is 16.0 Å². The highest BCUT2D eigenvalue weighted by Crippen LogP contribution is 2.43.